The van der Waals surface area contributed by atoms with Crippen LogP contribution in [0, 0.1) is 0 Å². The molecular weight excluding hydrogens is 400 g/mol. The second kappa shape index (κ2) is 7.31. The van der Waals surface area contributed by atoms with Crippen molar-refractivity contribution in [3.8, 4) is 11.3 Å². The number of hydrogen-bond acceptors (Lipinski definition) is 1. The van der Waals surface area contributed by atoms with Crippen molar-refractivity contribution in [2.45, 2.75) is 52.4 Å². The molecule has 0 radical (unpaired) electrons. The van der Waals surface area contributed by atoms with E-state index < -0.39 is 0 Å². The van der Waals surface area contributed by atoms with Crippen molar-refractivity contribution in [3.05, 3.63) is 89.1 Å². The average molecular weight is 431 g/mol. The van der Waals surface area contributed by atoms with Gasteiger partial charge in [-0.1, -0.05) is 89.2 Å². The zero-order chi connectivity index (χ0) is 22.9. The van der Waals surface area contributed by atoms with Gasteiger partial charge in [-0.15, -0.1) is 0 Å². The van der Waals surface area contributed by atoms with Crippen LogP contribution in [0.3, 0.4) is 0 Å². The molecule has 0 saturated carbocycles. The van der Waals surface area contributed by atoms with E-state index in [9.17, 15) is 0 Å². The van der Waals surface area contributed by atoms with Gasteiger partial charge in [-0.3, -0.25) is 4.40 Å². The van der Waals surface area contributed by atoms with Gasteiger partial charge in [0.15, 0.2) is 0 Å². The van der Waals surface area contributed by atoms with Gasteiger partial charge in [-0.05, 0) is 57.5 Å². The molecule has 0 saturated heterocycles. The van der Waals surface area contributed by atoms with Gasteiger partial charge in [0.2, 0.25) is 0 Å². The van der Waals surface area contributed by atoms with Gasteiger partial charge in [0.05, 0.1) is 11.2 Å². The molecule has 1 aliphatic rings. The first-order valence-corrected chi connectivity index (χ1v) is 12.1. The normalized spacial score (nSPS) is 15.5. The molecule has 2 heteroatoms. The molecule has 0 fully saturated rings. The number of hydrogen-bond donors (Lipinski definition) is 0. The van der Waals surface area contributed by atoms with Crippen molar-refractivity contribution >= 4 is 33.4 Å². The predicted molar refractivity (Wildman–Crippen MR) is 141 cm³/mol. The maximum absolute atomic E-state index is 5.31. The predicted octanol–water partition coefficient (Wildman–Crippen LogP) is 8.68. The van der Waals surface area contributed by atoms with Crippen molar-refractivity contribution in [2.75, 3.05) is 0 Å². The summed E-state index contributed by atoms with van der Waals surface area (Å²) in [4.78, 5) is 5.31. The third-order valence-corrected chi connectivity index (χ3v) is 7.31. The van der Waals surface area contributed by atoms with Crippen molar-refractivity contribution in [1.82, 2.24) is 9.38 Å². The quantitative estimate of drug-likeness (QED) is 0.262. The lowest BCUT2D eigenvalue weighted by Gasteiger charge is -2.18. The summed E-state index contributed by atoms with van der Waals surface area (Å²) in [6, 6.07) is 20.2. The topological polar surface area (TPSA) is 17.3 Å². The number of aromatic nitrogens is 2. The van der Waals surface area contributed by atoms with Crippen molar-refractivity contribution < 1.29 is 0 Å². The van der Waals surface area contributed by atoms with E-state index in [1.807, 2.05) is 0 Å². The van der Waals surface area contributed by atoms with Crippen molar-refractivity contribution in [3.63, 3.8) is 0 Å². The molecule has 0 amide bonds. The van der Waals surface area contributed by atoms with Gasteiger partial charge in [0, 0.05) is 22.5 Å². The largest absolute Gasteiger partial charge is 0.298 e. The fraction of sp³-hybridized carbons (Fsp3) is 0.258. The summed E-state index contributed by atoms with van der Waals surface area (Å²) in [5.74, 6) is 1.32. The minimum Gasteiger partial charge on any atom is -0.298 e. The first-order chi connectivity index (χ1) is 15.9. The van der Waals surface area contributed by atoms with Crippen LogP contribution >= 0.6 is 0 Å². The maximum Gasteiger partial charge on any atom is 0.145 e. The molecule has 1 unspecified atom stereocenters. The Kier molecular flexibility index (Phi) is 4.48. The van der Waals surface area contributed by atoms with E-state index in [4.69, 9.17) is 4.98 Å². The summed E-state index contributed by atoms with van der Waals surface area (Å²) in [6.45, 7) is 11.4. The number of rotatable bonds is 3. The summed E-state index contributed by atoms with van der Waals surface area (Å²) < 4.78 is 2.33. The lowest BCUT2D eigenvalue weighted by molar-refractivity contribution is 0.837. The minimum atomic E-state index is 0.437. The molecule has 5 aromatic rings. The van der Waals surface area contributed by atoms with E-state index >= 15 is 0 Å². The van der Waals surface area contributed by atoms with Crippen LogP contribution in [-0.4, -0.2) is 9.38 Å². The van der Waals surface area contributed by atoms with Crippen LogP contribution in [0.25, 0.3) is 44.7 Å². The molecule has 2 heterocycles. The SMILES string of the molecule is CC(C)c1cccc(C(C)C)c1-c1cn2c3cc4c(cc3c3ccccc3c2n1)C=CC4C. The zero-order valence-corrected chi connectivity index (χ0v) is 20.1. The van der Waals surface area contributed by atoms with Crippen LogP contribution in [0.2, 0.25) is 0 Å². The fourth-order valence-electron chi connectivity index (χ4n) is 5.56. The molecule has 33 heavy (non-hydrogen) atoms. The Hall–Kier alpha value is -3.39. The smallest absolute Gasteiger partial charge is 0.145 e. The van der Waals surface area contributed by atoms with Gasteiger partial charge in [0.1, 0.15) is 5.65 Å². The lowest BCUT2D eigenvalue weighted by Crippen LogP contribution is -1.99. The fourth-order valence-corrected chi connectivity index (χ4v) is 5.56. The Morgan fingerprint density at radius 2 is 1.52 bits per heavy atom. The number of imidazole rings is 1. The standard InChI is InChI=1S/C31H30N2/c1-18(2)22-11-8-12-23(19(3)4)30(22)28-17-33-29-16-26-20(5)13-14-21(26)15-27(29)24-9-6-7-10-25(24)31(33)32-28/h6-20H,1-5H3. The molecular formula is C31H30N2. The molecule has 2 nitrogen and oxygen atoms in total. The summed E-state index contributed by atoms with van der Waals surface area (Å²) in [6.07, 6.45) is 6.85. The number of fused-ring (bicyclic) bond motifs is 7. The lowest BCUT2D eigenvalue weighted by atomic mass is 9.87. The average Bonchev–Trinajstić information content (AvgIpc) is 3.42. The zero-order valence-electron chi connectivity index (χ0n) is 20.1. The summed E-state index contributed by atoms with van der Waals surface area (Å²) in [5.41, 5.74) is 10.2. The number of pyridine rings is 1. The number of nitrogens with zero attached hydrogens (tertiary/aromatic N) is 2. The van der Waals surface area contributed by atoms with Crippen LogP contribution in [-0.2, 0) is 0 Å². The molecule has 1 aliphatic carbocycles. The third kappa shape index (κ3) is 2.97. The Morgan fingerprint density at radius 3 is 2.21 bits per heavy atom. The van der Waals surface area contributed by atoms with Crippen LogP contribution in [0.1, 0.15) is 74.6 Å². The molecule has 3 aromatic carbocycles. The Balaban J connectivity index is 1.75. The van der Waals surface area contributed by atoms with Crippen LogP contribution in [0.15, 0.2) is 66.9 Å². The van der Waals surface area contributed by atoms with Crippen molar-refractivity contribution in [2.24, 2.45) is 0 Å². The number of benzene rings is 3. The summed E-state index contributed by atoms with van der Waals surface area (Å²) in [7, 11) is 0. The van der Waals surface area contributed by atoms with E-state index in [-0.39, 0.29) is 0 Å². The van der Waals surface area contributed by atoms with Crippen molar-refractivity contribution in [1.29, 1.82) is 0 Å². The molecule has 6 rings (SSSR count). The Labute approximate surface area is 195 Å². The van der Waals surface area contributed by atoms with Crippen LogP contribution < -0.4 is 0 Å². The highest BCUT2D eigenvalue weighted by Gasteiger charge is 2.21. The molecule has 2 aromatic heterocycles. The highest BCUT2D eigenvalue weighted by atomic mass is 15.0. The first kappa shape index (κ1) is 20.2. The minimum absolute atomic E-state index is 0.437. The van der Waals surface area contributed by atoms with Gasteiger partial charge >= 0.3 is 0 Å². The summed E-state index contributed by atoms with van der Waals surface area (Å²) >= 11 is 0. The van der Waals surface area contributed by atoms with Crippen LogP contribution in [0.4, 0.5) is 0 Å². The molecule has 0 bridgehead atoms. The monoisotopic (exact) mass is 430 g/mol. The van der Waals surface area contributed by atoms with E-state index in [2.05, 4.69) is 112 Å². The molecule has 0 aliphatic heterocycles. The molecule has 0 N–H and O–H groups in total. The van der Waals surface area contributed by atoms with E-state index in [1.54, 1.807) is 0 Å². The second-order valence-electron chi connectivity index (χ2n) is 10.1. The van der Waals surface area contributed by atoms with Gasteiger partial charge < -0.3 is 0 Å². The first-order valence-electron chi connectivity index (χ1n) is 12.1. The van der Waals surface area contributed by atoms with E-state index in [0.717, 1.165) is 11.3 Å². The molecule has 164 valence electrons. The molecule has 0 spiro atoms. The third-order valence-electron chi connectivity index (χ3n) is 7.31. The van der Waals surface area contributed by atoms with Crippen LogP contribution in [0.5, 0.6) is 0 Å². The van der Waals surface area contributed by atoms with E-state index in [1.165, 1.54) is 49.5 Å². The van der Waals surface area contributed by atoms with Gasteiger partial charge in [0.25, 0.3) is 0 Å². The highest BCUT2D eigenvalue weighted by molar-refractivity contribution is 6.12. The Bertz CT molecular complexity index is 1550. The molecule has 1 atom stereocenters. The van der Waals surface area contributed by atoms with E-state index in [0.29, 0.717) is 17.8 Å². The van der Waals surface area contributed by atoms with Gasteiger partial charge in [-0.2, -0.15) is 0 Å². The summed E-state index contributed by atoms with van der Waals surface area (Å²) in [5, 5.41) is 3.77. The Morgan fingerprint density at radius 1 is 0.818 bits per heavy atom. The second-order valence-corrected chi connectivity index (χ2v) is 10.1. The maximum atomic E-state index is 5.31. The van der Waals surface area contributed by atoms with Gasteiger partial charge in [-0.25, -0.2) is 4.98 Å². The number of allylic oxidation sites excluding steroid dienone is 1. The highest BCUT2D eigenvalue weighted by Crippen LogP contribution is 2.40.